The van der Waals surface area contributed by atoms with Gasteiger partial charge in [-0.3, -0.25) is 4.90 Å². The Morgan fingerprint density at radius 2 is 1.94 bits per heavy atom. The minimum Gasteiger partial charge on any atom is -0.396 e. The molecule has 1 rings (SSSR count). The number of hydrogen-bond acceptors (Lipinski definition) is 3. The maximum Gasteiger partial charge on any atom is 0.0468 e. The molecule has 3 nitrogen and oxygen atoms in total. The molecular weight excluding hydrogens is 224 g/mol. The predicted octanol–water partition coefficient (Wildman–Crippen LogP) is 2.23. The lowest BCUT2D eigenvalue weighted by Crippen LogP contribution is -2.57. The summed E-state index contributed by atoms with van der Waals surface area (Å²) in [4.78, 5) is 2.53. The van der Waals surface area contributed by atoms with Crippen molar-refractivity contribution in [3.8, 4) is 0 Å². The van der Waals surface area contributed by atoms with Gasteiger partial charge in [0.05, 0.1) is 0 Å². The average molecular weight is 256 g/mol. The highest BCUT2D eigenvalue weighted by atomic mass is 16.3. The van der Waals surface area contributed by atoms with Gasteiger partial charge in [0.15, 0.2) is 0 Å². The largest absolute Gasteiger partial charge is 0.396 e. The Kier molecular flexibility index (Phi) is 6.61. The van der Waals surface area contributed by atoms with Crippen molar-refractivity contribution in [1.29, 1.82) is 0 Å². The molecule has 1 aliphatic rings. The summed E-state index contributed by atoms with van der Waals surface area (Å²) in [5.41, 5.74) is 6.31. The van der Waals surface area contributed by atoms with E-state index in [1.165, 1.54) is 32.1 Å². The molecule has 0 saturated heterocycles. The minimum atomic E-state index is 0.198. The maximum atomic E-state index is 9.26. The Morgan fingerprint density at radius 3 is 2.33 bits per heavy atom. The molecule has 18 heavy (non-hydrogen) atoms. The third kappa shape index (κ3) is 3.69. The monoisotopic (exact) mass is 256 g/mol. The summed E-state index contributed by atoms with van der Waals surface area (Å²) < 4.78 is 0. The molecule has 1 atom stereocenters. The summed E-state index contributed by atoms with van der Waals surface area (Å²) in [7, 11) is 0. The molecular formula is C15H32N2O. The normalized spacial score (nSPS) is 30.7. The van der Waals surface area contributed by atoms with E-state index in [9.17, 15) is 5.11 Å². The van der Waals surface area contributed by atoms with Gasteiger partial charge in [0.25, 0.3) is 0 Å². The zero-order valence-corrected chi connectivity index (χ0v) is 12.5. The van der Waals surface area contributed by atoms with E-state index in [0.717, 1.165) is 25.6 Å². The second-order valence-electron chi connectivity index (χ2n) is 6.11. The first-order valence-electron chi connectivity index (χ1n) is 7.67. The van der Waals surface area contributed by atoms with Crippen molar-refractivity contribution in [1.82, 2.24) is 4.90 Å². The molecule has 0 aliphatic heterocycles. The Morgan fingerprint density at radius 1 is 1.33 bits per heavy atom. The SMILES string of the molecule is CCC1CCC(CN)(N(CC)CC(C)CO)CC1. The first-order valence-corrected chi connectivity index (χ1v) is 7.67. The van der Waals surface area contributed by atoms with E-state index in [2.05, 4.69) is 25.7 Å². The maximum absolute atomic E-state index is 9.26. The van der Waals surface area contributed by atoms with Crippen LogP contribution in [-0.2, 0) is 0 Å². The summed E-state index contributed by atoms with van der Waals surface area (Å²) >= 11 is 0. The predicted molar refractivity (Wildman–Crippen MR) is 77.5 cm³/mol. The molecule has 0 bridgehead atoms. The van der Waals surface area contributed by atoms with Gasteiger partial charge in [0.2, 0.25) is 0 Å². The Labute approximate surface area is 113 Å². The highest BCUT2D eigenvalue weighted by Crippen LogP contribution is 2.37. The Bertz CT molecular complexity index is 225. The quantitative estimate of drug-likeness (QED) is 0.734. The lowest BCUT2D eigenvalue weighted by atomic mass is 9.74. The van der Waals surface area contributed by atoms with Crippen LogP contribution in [0.1, 0.15) is 52.9 Å². The molecule has 3 heteroatoms. The van der Waals surface area contributed by atoms with Gasteiger partial charge in [0, 0.05) is 25.2 Å². The van der Waals surface area contributed by atoms with Gasteiger partial charge in [-0.15, -0.1) is 0 Å². The molecule has 0 radical (unpaired) electrons. The number of hydrogen-bond donors (Lipinski definition) is 2. The van der Waals surface area contributed by atoms with E-state index in [1.807, 2.05) is 0 Å². The van der Waals surface area contributed by atoms with Crippen molar-refractivity contribution < 1.29 is 5.11 Å². The van der Waals surface area contributed by atoms with Crippen LogP contribution in [-0.4, -0.2) is 41.8 Å². The lowest BCUT2D eigenvalue weighted by molar-refractivity contribution is 0.0277. The molecule has 108 valence electrons. The number of rotatable bonds is 7. The number of nitrogens with zero attached hydrogens (tertiary/aromatic N) is 1. The van der Waals surface area contributed by atoms with Crippen molar-refractivity contribution in [2.45, 2.75) is 58.4 Å². The molecule has 0 aromatic rings. The van der Waals surface area contributed by atoms with Crippen LogP contribution in [0.2, 0.25) is 0 Å². The summed E-state index contributed by atoms with van der Waals surface area (Å²) in [6, 6.07) is 0. The number of likely N-dealkylation sites (N-methyl/N-ethyl adjacent to an activating group) is 1. The molecule has 0 aromatic heterocycles. The molecule has 1 saturated carbocycles. The van der Waals surface area contributed by atoms with Gasteiger partial charge < -0.3 is 10.8 Å². The zero-order valence-electron chi connectivity index (χ0n) is 12.5. The molecule has 0 spiro atoms. The molecule has 0 aromatic carbocycles. The van der Waals surface area contributed by atoms with Crippen molar-refractivity contribution in [2.24, 2.45) is 17.6 Å². The Hall–Kier alpha value is -0.120. The second kappa shape index (κ2) is 7.46. The van der Waals surface area contributed by atoms with Crippen LogP contribution in [0.15, 0.2) is 0 Å². The fourth-order valence-corrected chi connectivity index (χ4v) is 3.36. The van der Waals surface area contributed by atoms with Crippen LogP contribution >= 0.6 is 0 Å². The highest BCUT2D eigenvalue weighted by molar-refractivity contribution is 4.95. The van der Waals surface area contributed by atoms with E-state index in [4.69, 9.17) is 5.73 Å². The van der Waals surface area contributed by atoms with Gasteiger partial charge in [-0.05, 0) is 44.1 Å². The van der Waals surface area contributed by atoms with Crippen LogP contribution in [0, 0.1) is 11.8 Å². The van der Waals surface area contributed by atoms with E-state index >= 15 is 0 Å². The third-order valence-electron chi connectivity index (χ3n) is 4.89. The van der Waals surface area contributed by atoms with Crippen molar-refractivity contribution >= 4 is 0 Å². The zero-order chi connectivity index (χ0) is 13.6. The van der Waals surface area contributed by atoms with Gasteiger partial charge in [0.1, 0.15) is 0 Å². The topological polar surface area (TPSA) is 49.5 Å². The number of aliphatic hydroxyl groups excluding tert-OH is 1. The highest BCUT2D eigenvalue weighted by Gasteiger charge is 2.38. The van der Waals surface area contributed by atoms with E-state index in [0.29, 0.717) is 5.92 Å². The molecule has 1 aliphatic carbocycles. The fourth-order valence-electron chi connectivity index (χ4n) is 3.36. The summed E-state index contributed by atoms with van der Waals surface area (Å²) in [5, 5.41) is 9.26. The number of aliphatic hydroxyl groups is 1. The first-order chi connectivity index (χ1) is 8.61. The average Bonchev–Trinajstić information content (AvgIpc) is 2.44. The third-order valence-corrected chi connectivity index (χ3v) is 4.89. The van der Waals surface area contributed by atoms with Gasteiger partial charge in [-0.1, -0.05) is 27.2 Å². The number of nitrogens with two attached hydrogens (primary N) is 1. The van der Waals surface area contributed by atoms with E-state index in [-0.39, 0.29) is 12.1 Å². The van der Waals surface area contributed by atoms with Gasteiger partial charge >= 0.3 is 0 Å². The fraction of sp³-hybridized carbons (Fsp3) is 1.00. The molecule has 0 heterocycles. The second-order valence-corrected chi connectivity index (χ2v) is 6.11. The van der Waals surface area contributed by atoms with Crippen LogP contribution in [0.4, 0.5) is 0 Å². The van der Waals surface area contributed by atoms with Crippen molar-refractivity contribution in [3.05, 3.63) is 0 Å². The molecule has 1 fully saturated rings. The summed E-state index contributed by atoms with van der Waals surface area (Å²) in [6.45, 7) is 9.67. The van der Waals surface area contributed by atoms with Crippen LogP contribution in [0.25, 0.3) is 0 Å². The van der Waals surface area contributed by atoms with Gasteiger partial charge in [-0.2, -0.15) is 0 Å². The minimum absolute atomic E-state index is 0.198. The van der Waals surface area contributed by atoms with Crippen LogP contribution in [0.3, 0.4) is 0 Å². The first kappa shape index (κ1) is 15.9. The van der Waals surface area contributed by atoms with E-state index < -0.39 is 0 Å². The van der Waals surface area contributed by atoms with Crippen LogP contribution < -0.4 is 5.73 Å². The summed E-state index contributed by atoms with van der Waals surface area (Å²) in [6.07, 6.45) is 6.40. The van der Waals surface area contributed by atoms with Crippen LogP contribution in [0.5, 0.6) is 0 Å². The lowest BCUT2D eigenvalue weighted by Gasteiger charge is -2.48. The smallest absolute Gasteiger partial charge is 0.0468 e. The molecule has 1 unspecified atom stereocenters. The van der Waals surface area contributed by atoms with Crippen molar-refractivity contribution in [2.75, 3.05) is 26.2 Å². The standard InChI is InChI=1S/C15H32N2O/c1-4-14-6-8-15(12-16,9-7-14)17(5-2)10-13(3)11-18/h13-14,18H,4-12,16H2,1-3H3. The molecule has 0 amide bonds. The Balaban J connectivity index is 2.67. The van der Waals surface area contributed by atoms with E-state index in [1.54, 1.807) is 0 Å². The molecule has 3 N–H and O–H groups in total. The van der Waals surface area contributed by atoms with Crippen molar-refractivity contribution in [3.63, 3.8) is 0 Å². The summed E-state index contributed by atoms with van der Waals surface area (Å²) in [5.74, 6) is 1.25. The van der Waals surface area contributed by atoms with Gasteiger partial charge in [-0.25, -0.2) is 0 Å².